The molecule has 6 heteroatoms. The summed E-state index contributed by atoms with van der Waals surface area (Å²) < 4.78 is 3.93. The average molecular weight is 282 g/mol. The molecule has 0 saturated heterocycles. The van der Waals surface area contributed by atoms with Crippen molar-refractivity contribution in [3.8, 4) is 0 Å². The lowest BCUT2D eigenvalue weighted by Crippen LogP contribution is -2.40. The summed E-state index contributed by atoms with van der Waals surface area (Å²) in [5.41, 5.74) is 6.36. The molecular formula is C13H22N4OS. The molecule has 2 unspecified atom stereocenters. The standard InChI is InChI=1S/C13H22N4OS/c1-13(2,3)11-10(19-17-16-11)12(18)15-9-6-4-5-8(9)7-14/h8-9H,4-7,14H2,1-3H3,(H,15,18). The first kappa shape index (κ1) is 14.4. The molecule has 1 fully saturated rings. The molecule has 0 aromatic carbocycles. The highest BCUT2D eigenvalue weighted by Crippen LogP contribution is 2.28. The first-order valence-electron chi connectivity index (χ1n) is 6.77. The Morgan fingerprint density at radius 1 is 1.47 bits per heavy atom. The van der Waals surface area contributed by atoms with E-state index in [2.05, 4.69) is 14.9 Å². The van der Waals surface area contributed by atoms with Crippen LogP contribution in [0.2, 0.25) is 0 Å². The van der Waals surface area contributed by atoms with Gasteiger partial charge in [0.2, 0.25) is 0 Å². The van der Waals surface area contributed by atoms with E-state index in [-0.39, 0.29) is 17.4 Å². The van der Waals surface area contributed by atoms with E-state index in [0.29, 0.717) is 17.3 Å². The third-order valence-electron chi connectivity index (χ3n) is 3.68. The van der Waals surface area contributed by atoms with Crippen LogP contribution in [0, 0.1) is 5.92 Å². The molecule has 0 spiro atoms. The van der Waals surface area contributed by atoms with Crippen molar-refractivity contribution in [1.82, 2.24) is 14.9 Å². The molecule has 5 nitrogen and oxygen atoms in total. The second-order valence-electron chi connectivity index (χ2n) is 6.21. The molecule has 3 N–H and O–H groups in total. The van der Waals surface area contributed by atoms with E-state index < -0.39 is 0 Å². The second-order valence-corrected chi connectivity index (χ2v) is 6.96. The molecule has 0 aliphatic heterocycles. The third-order valence-corrected chi connectivity index (χ3v) is 4.41. The van der Waals surface area contributed by atoms with E-state index in [9.17, 15) is 4.79 Å². The second kappa shape index (κ2) is 5.54. The number of nitrogens with one attached hydrogen (secondary N) is 1. The van der Waals surface area contributed by atoms with Gasteiger partial charge in [-0.25, -0.2) is 0 Å². The average Bonchev–Trinajstić information content (AvgIpc) is 2.95. The van der Waals surface area contributed by atoms with Gasteiger partial charge in [0.05, 0.1) is 5.69 Å². The van der Waals surface area contributed by atoms with E-state index in [1.807, 2.05) is 20.8 Å². The van der Waals surface area contributed by atoms with Gasteiger partial charge in [-0.1, -0.05) is 31.7 Å². The molecule has 1 aromatic rings. The van der Waals surface area contributed by atoms with Crippen LogP contribution >= 0.6 is 11.5 Å². The minimum absolute atomic E-state index is 0.0507. The Hall–Kier alpha value is -1.01. The van der Waals surface area contributed by atoms with E-state index in [4.69, 9.17) is 5.73 Å². The molecule has 1 amide bonds. The lowest BCUT2D eigenvalue weighted by atomic mass is 9.91. The monoisotopic (exact) mass is 282 g/mol. The lowest BCUT2D eigenvalue weighted by Gasteiger charge is -2.20. The third kappa shape index (κ3) is 3.12. The van der Waals surface area contributed by atoms with Crippen molar-refractivity contribution >= 4 is 17.4 Å². The Bertz CT molecular complexity index is 452. The predicted octanol–water partition coefficient (Wildman–Crippen LogP) is 1.69. The Labute approximate surface area is 118 Å². The Morgan fingerprint density at radius 3 is 2.84 bits per heavy atom. The van der Waals surface area contributed by atoms with Gasteiger partial charge in [0.15, 0.2) is 0 Å². The van der Waals surface area contributed by atoms with Gasteiger partial charge in [-0.3, -0.25) is 4.79 Å². The zero-order valence-electron chi connectivity index (χ0n) is 11.8. The summed E-state index contributed by atoms with van der Waals surface area (Å²) in [6.07, 6.45) is 3.26. The zero-order valence-corrected chi connectivity index (χ0v) is 12.6. The molecule has 2 atom stereocenters. The van der Waals surface area contributed by atoms with Gasteiger partial charge in [-0.2, -0.15) is 0 Å². The maximum atomic E-state index is 12.4. The number of nitrogens with zero attached hydrogens (tertiary/aromatic N) is 2. The number of amides is 1. The Kier molecular flexibility index (Phi) is 4.20. The van der Waals surface area contributed by atoms with Crippen LogP contribution in [0.3, 0.4) is 0 Å². The Balaban J connectivity index is 2.11. The zero-order chi connectivity index (χ0) is 14.0. The fourth-order valence-corrected chi connectivity index (χ4v) is 3.35. The summed E-state index contributed by atoms with van der Waals surface area (Å²) in [5.74, 6) is 0.355. The normalized spacial score (nSPS) is 23.6. The van der Waals surface area contributed by atoms with Crippen molar-refractivity contribution in [2.24, 2.45) is 11.7 Å². The number of rotatable bonds is 3. The van der Waals surface area contributed by atoms with Crippen LogP contribution in [0.4, 0.5) is 0 Å². The quantitative estimate of drug-likeness (QED) is 0.884. The maximum Gasteiger partial charge on any atom is 0.265 e. The molecule has 0 bridgehead atoms. The number of carbonyl (C=O) groups excluding carboxylic acids is 1. The fraction of sp³-hybridized carbons (Fsp3) is 0.769. The van der Waals surface area contributed by atoms with Crippen LogP contribution < -0.4 is 11.1 Å². The van der Waals surface area contributed by atoms with Crippen molar-refractivity contribution in [2.75, 3.05) is 6.54 Å². The van der Waals surface area contributed by atoms with Crippen molar-refractivity contribution in [1.29, 1.82) is 0 Å². The van der Waals surface area contributed by atoms with E-state index in [1.54, 1.807) is 0 Å². The molecule has 0 radical (unpaired) electrons. The summed E-state index contributed by atoms with van der Waals surface area (Å²) in [4.78, 5) is 13.0. The first-order valence-corrected chi connectivity index (χ1v) is 7.54. The smallest absolute Gasteiger partial charge is 0.265 e. The first-order chi connectivity index (χ1) is 8.93. The molecular weight excluding hydrogens is 260 g/mol. The summed E-state index contributed by atoms with van der Waals surface area (Å²) >= 11 is 1.17. The van der Waals surface area contributed by atoms with Gasteiger partial charge in [0.25, 0.3) is 5.91 Å². The van der Waals surface area contributed by atoms with E-state index in [0.717, 1.165) is 25.0 Å². The minimum atomic E-state index is -0.164. The molecule has 106 valence electrons. The van der Waals surface area contributed by atoms with Crippen LogP contribution in [0.15, 0.2) is 0 Å². The lowest BCUT2D eigenvalue weighted by molar-refractivity contribution is 0.0930. The van der Waals surface area contributed by atoms with Crippen molar-refractivity contribution in [3.05, 3.63) is 10.6 Å². The molecule has 1 aliphatic carbocycles. The van der Waals surface area contributed by atoms with E-state index in [1.165, 1.54) is 11.5 Å². The van der Waals surface area contributed by atoms with Gasteiger partial charge in [0.1, 0.15) is 4.88 Å². The molecule has 19 heavy (non-hydrogen) atoms. The van der Waals surface area contributed by atoms with Gasteiger partial charge >= 0.3 is 0 Å². The maximum absolute atomic E-state index is 12.4. The van der Waals surface area contributed by atoms with Crippen LogP contribution in [-0.4, -0.2) is 28.1 Å². The molecule has 1 aliphatic rings. The summed E-state index contributed by atoms with van der Waals surface area (Å²) in [6, 6.07) is 0.201. The van der Waals surface area contributed by atoms with Crippen molar-refractivity contribution < 1.29 is 4.79 Å². The van der Waals surface area contributed by atoms with Gasteiger partial charge in [-0.15, -0.1) is 5.10 Å². The predicted molar refractivity (Wildman–Crippen MR) is 76.3 cm³/mol. The van der Waals surface area contributed by atoms with Gasteiger partial charge in [-0.05, 0) is 36.8 Å². The molecule has 2 rings (SSSR count). The Morgan fingerprint density at radius 2 is 2.21 bits per heavy atom. The number of hydrogen-bond donors (Lipinski definition) is 2. The van der Waals surface area contributed by atoms with Crippen LogP contribution in [-0.2, 0) is 5.41 Å². The summed E-state index contributed by atoms with van der Waals surface area (Å²) in [6.45, 7) is 6.76. The molecule has 1 aromatic heterocycles. The highest BCUT2D eigenvalue weighted by molar-refractivity contribution is 7.08. The number of hydrogen-bond acceptors (Lipinski definition) is 5. The summed E-state index contributed by atoms with van der Waals surface area (Å²) in [7, 11) is 0. The van der Waals surface area contributed by atoms with Gasteiger partial charge in [0, 0.05) is 11.5 Å². The number of aromatic nitrogens is 2. The summed E-state index contributed by atoms with van der Waals surface area (Å²) in [5, 5.41) is 7.21. The van der Waals surface area contributed by atoms with Crippen molar-refractivity contribution in [3.63, 3.8) is 0 Å². The SMILES string of the molecule is CC(C)(C)c1nnsc1C(=O)NC1CCCC1CN. The highest BCUT2D eigenvalue weighted by atomic mass is 32.1. The van der Waals surface area contributed by atoms with Crippen LogP contribution in [0.5, 0.6) is 0 Å². The van der Waals surface area contributed by atoms with E-state index >= 15 is 0 Å². The number of nitrogens with two attached hydrogens (primary N) is 1. The number of carbonyl (C=O) groups is 1. The highest BCUT2D eigenvalue weighted by Gasteiger charge is 2.31. The minimum Gasteiger partial charge on any atom is -0.348 e. The molecule has 1 saturated carbocycles. The van der Waals surface area contributed by atoms with Crippen LogP contribution in [0.1, 0.15) is 55.4 Å². The fourth-order valence-electron chi connectivity index (χ4n) is 2.57. The molecule has 1 heterocycles. The largest absolute Gasteiger partial charge is 0.348 e. The van der Waals surface area contributed by atoms with Gasteiger partial charge < -0.3 is 11.1 Å². The van der Waals surface area contributed by atoms with Crippen LogP contribution in [0.25, 0.3) is 0 Å². The topological polar surface area (TPSA) is 80.9 Å². The van der Waals surface area contributed by atoms with Crippen molar-refractivity contribution in [2.45, 2.75) is 51.5 Å².